The first-order chi connectivity index (χ1) is 10.7. The van der Waals surface area contributed by atoms with Gasteiger partial charge in [0.05, 0.1) is 0 Å². The Bertz CT molecular complexity index is 631. The van der Waals surface area contributed by atoms with Gasteiger partial charge in [0.25, 0.3) is 0 Å². The fourth-order valence-electron chi connectivity index (χ4n) is 2.87. The van der Waals surface area contributed by atoms with E-state index in [1.165, 1.54) is 0 Å². The summed E-state index contributed by atoms with van der Waals surface area (Å²) in [7, 11) is 0. The maximum atomic E-state index is 12.3. The Labute approximate surface area is 142 Å². The number of hydrogen-bond acceptors (Lipinski definition) is 4. The van der Waals surface area contributed by atoms with E-state index in [1.54, 1.807) is 17.1 Å². The highest BCUT2D eigenvalue weighted by Gasteiger charge is 2.24. The molecular weight excluding hydrogens is 314 g/mol. The monoisotopic (exact) mass is 335 g/mol. The van der Waals surface area contributed by atoms with E-state index in [1.807, 2.05) is 24.4 Å². The van der Waals surface area contributed by atoms with Gasteiger partial charge in [-0.05, 0) is 38.4 Å². The summed E-state index contributed by atoms with van der Waals surface area (Å²) in [5, 5.41) is 10.6. The van der Waals surface area contributed by atoms with Crippen LogP contribution in [0.2, 0.25) is 0 Å². The molecule has 1 aliphatic heterocycles. The number of halogens is 1. The first-order valence-corrected chi connectivity index (χ1v) is 7.69. The Morgan fingerprint density at radius 2 is 2.30 bits per heavy atom. The molecule has 1 saturated heterocycles. The summed E-state index contributed by atoms with van der Waals surface area (Å²) in [6, 6.07) is 6.10. The summed E-state index contributed by atoms with van der Waals surface area (Å²) < 4.78 is 1.72. The minimum atomic E-state index is 0. The van der Waals surface area contributed by atoms with Gasteiger partial charge in [0.1, 0.15) is 0 Å². The van der Waals surface area contributed by atoms with Crippen molar-refractivity contribution in [2.45, 2.75) is 32.4 Å². The lowest BCUT2D eigenvalue weighted by Gasteiger charge is -2.27. The fraction of sp³-hybridized carbons (Fsp3) is 0.438. The third kappa shape index (κ3) is 4.30. The third-order valence-electron chi connectivity index (χ3n) is 4.04. The van der Waals surface area contributed by atoms with Crippen molar-refractivity contribution in [3.63, 3.8) is 0 Å². The van der Waals surface area contributed by atoms with Gasteiger partial charge in [-0.2, -0.15) is 5.10 Å². The number of carbonyl (C=O) groups is 1. The minimum Gasteiger partial charge on any atom is -0.352 e. The van der Waals surface area contributed by atoms with Crippen LogP contribution in [0, 0.1) is 5.92 Å². The van der Waals surface area contributed by atoms with Crippen molar-refractivity contribution in [3.8, 4) is 5.82 Å². The largest absolute Gasteiger partial charge is 0.352 e. The topological polar surface area (TPSA) is 71.8 Å². The van der Waals surface area contributed by atoms with Crippen molar-refractivity contribution in [1.29, 1.82) is 0 Å². The molecule has 0 saturated carbocycles. The lowest BCUT2D eigenvalue weighted by Crippen LogP contribution is -2.42. The predicted molar refractivity (Wildman–Crippen MR) is 90.6 cm³/mol. The Hall–Kier alpha value is -1.92. The Morgan fingerprint density at radius 1 is 1.43 bits per heavy atom. The lowest BCUT2D eigenvalue weighted by atomic mass is 9.92. The van der Waals surface area contributed by atoms with Crippen molar-refractivity contribution < 1.29 is 4.79 Å². The van der Waals surface area contributed by atoms with Gasteiger partial charge in [-0.3, -0.25) is 4.79 Å². The number of nitrogens with zero attached hydrogens (tertiary/aromatic N) is 3. The van der Waals surface area contributed by atoms with Crippen LogP contribution in [0.15, 0.2) is 36.8 Å². The fourth-order valence-corrected chi connectivity index (χ4v) is 2.87. The smallest absolute Gasteiger partial charge is 0.223 e. The Balaban J connectivity index is 0.00000192. The molecule has 1 amide bonds. The number of piperidine rings is 1. The second kappa shape index (κ2) is 8.08. The van der Waals surface area contributed by atoms with Crippen LogP contribution in [-0.2, 0) is 11.3 Å². The van der Waals surface area contributed by atoms with E-state index in [9.17, 15) is 4.79 Å². The molecule has 124 valence electrons. The standard InChI is InChI=1S/C16H21N5O.ClH/c1-12-10-13(5-8-17-12)16(22)19-11-14-4-2-6-18-15(14)21-9-3-7-20-21;/h2-4,6-7,9,12-13,17H,5,8,10-11H2,1H3,(H,19,22);1H/t12-,13-;/m0./s1. The molecule has 1 fully saturated rings. The molecule has 0 radical (unpaired) electrons. The average Bonchev–Trinajstić information content (AvgIpc) is 3.07. The molecule has 2 aromatic heterocycles. The summed E-state index contributed by atoms with van der Waals surface area (Å²) in [6.07, 6.45) is 7.09. The van der Waals surface area contributed by atoms with Crippen LogP contribution in [0.1, 0.15) is 25.3 Å². The highest BCUT2D eigenvalue weighted by molar-refractivity contribution is 5.85. The number of aromatic nitrogens is 3. The molecule has 2 N–H and O–H groups in total. The van der Waals surface area contributed by atoms with Crippen molar-refractivity contribution >= 4 is 18.3 Å². The molecule has 0 bridgehead atoms. The molecular formula is C16H22ClN5O. The van der Waals surface area contributed by atoms with Crippen molar-refractivity contribution in [3.05, 3.63) is 42.4 Å². The molecule has 2 atom stereocenters. The van der Waals surface area contributed by atoms with Crippen LogP contribution < -0.4 is 10.6 Å². The molecule has 23 heavy (non-hydrogen) atoms. The summed E-state index contributed by atoms with van der Waals surface area (Å²) in [5.74, 6) is 0.983. The van der Waals surface area contributed by atoms with Gasteiger partial charge in [0.15, 0.2) is 5.82 Å². The van der Waals surface area contributed by atoms with Gasteiger partial charge in [-0.25, -0.2) is 9.67 Å². The molecule has 0 aliphatic carbocycles. The highest BCUT2D eigenvalue weighted by atomic mass is 35.5. The molecule has 0 spiro atoms. The average molecular weight is 336 g/mol. The van der Waals surface area contributed by atoms with E-state index in [4.69, 9.17) is 0 Å². The molecule has 3 heterocycles. The summed E-state index contributed by atoms with van der Waals surface area (Å²) in [5.41, 5.74) is 0.960. The highest BCUT2D eigenvalue weighted by Crippen LogP contribution is 2.17. The maximum absolute atomic E-state index is 12.3. The van der Waals surface area contributed by atoms with Crippen LogP contribution in [0.3, 0.4) is 0 Å². The lowest BCUT2D eigenvalue weighted by molar-refractivity contribution is -0.126. The minimum absolute atomic E-state index is 0. The summed E-state index contributed by atoms with van der Waals surface area (Å²) in [4.78, 5) is 16.7. The number of carbonyl (C=O) groups excluding carboxylic acids is 1. The first-order valence-electron chi connectivity index (χ1n) is 7.69. The maximum Gasteiger partial charge on any atom is 0.223 e. The van der Waals surface area contributed by atoms with E-state index >= 15 is 0 Å². The molecule has 1 aliphatic rings. The zero-order chi connectivity index (χ0) is 15.4. The molecule has 6 nitrogen and oxygen atoms in total. The third-order valence-corrected chi connectivity index (χ3v) is 4.04. The van der Waals surface area contributed by atoms with Gasteiger partial charge in [-0.15, -0.1) is 12.4 Å². The van der Waals surface area contributed by atoms with E-state index in [0.29, 0.717) is 12.6 Å². The zero-order valence-corrected chi connectivity index (χ0v) is 13.9. The molecule has 0 unspecified atom stereocenters. The zero-order valence-electron chi connectivity index (χ0n) is 13.1. The normalized spacial score (nSPS) is 20.6. The van der Waals surface area contributed by atoms with Crippen LogP contribution in [-0.4, -0.2) is 33.3 Å². The molecule has 2 aromatic rings. The van der Waals surface area contributed by atoms with Crippen LogP contribution in [0.25, 0.3) is 5.82 Å². The van der Waals surface area contributed by atoms with Crippen molar-refractivity contribution in [2.75, 3.05) is 6.54 Å². The number of hydrogen-bond donors (Lipinski definition) is 2. The second-order valence-electron chi connectivity index (χ2n) is 5.73. The second-order valence-corrected chi connectivity index (χ2v) is 5.73. The Kier molecular flexibility index (Phi) is 6.12. The van der Waals surface area contributed by atoms with E-state index in [2.05, 4.69) is 27.6 Å². The van der Waals surface area contributed by atoms with Crippen LogP contribution >= 0.6 is 12.4 Å². The van der Waals surface area contributed by atoms with Gasteiger partial charge < -0.3 is 10.6 Å². The first kappa shape index (κ1) is 17.4. The van der Waals surface area contributed by atoms with Crippen LogP contribution in [0.5, 0.6) is 0 Å². The van der Waals surface area contributed by atoms with Crippen molar-refractivity contribution in [1.82, 2.24) is 25.4 Å². The van der Waals surface area contributed by atoms with E-state index in [0.717, 1.165) is 30.8 Å². The number of pyridine rings is 1. The Morgan fingerprint density at radius 3 is 3.04 bits per heavy atom. The quantitative estimate of drug-likeness (QED) is 0.892. The number of nitrogens with one attached hydrogen (secondary N) is 2. The van der Waals surface area contributed by atoms with Gasteiger partial charge in [0, 0.05) is 42.7 Å². The SMILES string of the molecule is C[C@H]1C[C@@H](C(=O)NCc2cccnc2-n2cccn2)CCN1.Cl. The summed E-state index contributed by atoms with van der Waals surface area (Å²) in [6.45, 7) is 3.50. The van der Waals surface area contributed by atoms with E-state index < -0.39 is 0 Å². The van der Waals surface area contributed by atoms with Crippen LogP contribution in [0.4, 0.5) is 0 Å². The summed E-state index contributed by atoms with van der Waals surface area (Å²) >= 11 is 0. The van der Waals surface area contributed by atoms with Gasteiger partial charge in [-0.1, -0.05) is 6.07 Å². The molecule has 3 rings (SSSR count). The van der Waals surface area contributed by atoms with Gasteiger partial charge in [0.2, 0.25) is 5.91 Å². The van der Waals surface area contributed by atoms with E-state index in [-0.39, 0.29) is 24.2 Å². The molecule has 7 heteroatoms. The number of rotatable bonds is 4. The predicted octanol–water partition coefficient (Wildman–Crippen LogP) is 1.69. The van der Waals surface area contributed by atoms with Crippen molar-refractivity contribution in [2.24, 2.45) is 5.92 Å². The molecule has 0 aromatic carbocycles. The van der Waals surface area contributed by atoms with Gasteiger partial charge >= 0.3 is 0 Å². The number of amides is 1.